The van der Waals surface area contributed by atoms with E-state index in [1.165, 1.54) is 12.8 Å². The molecule has 0 aliphatic carbocycles. The normalized spacial score (nSPS) is 19.3. The lowest BCUT2D eigenvalue weighted by Crippen LogP contribution is -2.48. The number of nitrogens with zero attached hydrogens (tertiary/aromatic N) is 2. The van der Waals surface area contributed by atoms with E-state index in [1.54, 1.807) is 14.2 Å². The van der Waals surface area contributed by atoms with Crippen LogP contribution in [0, 0.1) is 5.92 Å². The predicted molar refractivity (Wildman–Crippen MR) is 132 cm³/mol. The molecule has 2 unspecified atom stereocenters. The van der Waals surface area contributed by atoms with Gasteiger partial charge in [0.15, 0.2) is 0 Å². The Bertz CT molecular complexity index is 880. The monoisotopic (exact) mass is 454 g/mol. The maximum absolute atomic E-state index is 6.48. The van der Waals surface area contributed by atoms with Crippen LogP contribution in [-0.4, -0.2) is 64.6 Å². The van der Waals surface area contributed by atoms with Gasteiger partial charge in [0.2, 0.25) is 0 Å². The van der Waals surface area contributed by atoms with E-state index in [1.807, 2.05) is 24.3 Å². The number of anilines is 1. The molecule has 2 aliphatic heterocycles. The smallest absolute Gasteiger partial charge is 0.147 e. The van der Waals surface area contributed by atoms with Gasteiger partial charge >= 0.3 is 0 Å². The Hall–Kier alpha value is -2.44. The van der Waals surface area contributed by atoms with E-state index >= 15 is 0 Å². The summed E-state index contributed by atoms with van der Waals surface area (Å²) in [5.41, 5.74) is 2.26. The summed E-state index contributed by atoms with van der Waals surface area (Å²) in [4.78, 5) is 5.07. The number of hydrogen-bond donors (Lipinski definition) is 0. The second-order valence-corrected chi connectivity index (χ2v) is 9.45. The van der Waals surface area contributed by atoms with Crippen LogP contribution in [0.3, 0.4) is 0 Å². The molecule has 6 heteroatoms. The lowest BCUT2D eigenvalue weighted by Gasteiger charge is -2.40. The van der Waals surface area contributed by atoms with Crippen LogP contribution < -0.4 is 19.1 Å². The minimum absolute atomic E-state index is 0.0636. The van der Waals surface area contributed by atoms with Gasteiger partial charge < -0.3 is 23.8 Å². The maximum atomic E-state index is 6.48. The number of likely N-dealkylation sites (tertiary alicyclic amines) is 1. The fraction of sp³-hybridized carbons (Fsp3) is 0.556. The molecule has 6 nitrogen and oxygen atoms in total. The Morgan fingerprint density at radius 1 is 0.939 bits per heavy atom. The average Bonchev–Trinajstić information content (AvgIpc) is 3.37. The van der Waals surface area contributed by atoms with Crippen LogP contribution >= 0.6 is 0 Å². The minimum atomic E-state index is -0.0636. The topological polar surface area (TPSA) is 43.4 Å². The maximum Gasteiger partial charge on any atom is 0.147 e. The molecular weight excluding hydrogens is 416 g/mol. The second-order valence-electron chi connectivity index (χ2n) is 9.45. The Morgan fingerprint density at radius 3 is 2.30 bits per heavy atom. The number of ether oxygens (including phenoxy) is 4. The molecule has 0 amide bonds. The van der Waals surface area contributed by atoms with Crippen LogP contribution in [0.5, 0.6) is 17.2 Å². The van der Waals surface area contributed by atoms with Crippen molar-refractivity contribution in [3.63, 3.8) is 0 Å². The van der Waals surface area contributed by atoms with Gasteiger partial charge in [-0.2, -0.15) is 0 Å². The number of hydrogen-bond acceptors (Lipinski definition) is 6. The van der Waals surface area contributed by atoms with Crippen molar-refractivity contribution < 1.29 is 18.9 Å². The second kappa shape index (κ2) is 11.1. The van der Waals surface area contributed by atoms with E-state index in [-0.39, 0.29) is 6.10 Å². The SMILES string of the molecule is COc1ccc(C2CN(CC(COCC(C)C)N3CCCC3)c3ccc(OC)cc3O2)cc1. The minimum Gasteiger partial charge on any atom is -0.497 e. The molecule has 2 aromatic rings. The molecule has 0 radical (unpaired) electrons. The molecule has 0 saturated carbocycles. The standard InChI is InChI=1S/C27H38N2O4/c1-20(2)18-32-19-22(28-13-5-6-14-28)16-29-17-27(21-7-9-23(30-3)10-8-21)33-26-15-24(31-4)11-12-25(26)29/h7-12,15,20,22,27H,5-6,13-14,16-19H2,1-4H3. The zero-order chi connectivity index (χ0) is 23.2. The largest absolute Gasteiger partial charge is 0.497 e. The highest BCUT2D eigenvalue weighted by atomic mass is 16.5. The molecule has 2 aliphatic rings. The zero-order valence-corrected chi connectivity index (χ0v) is 20.5. The zero-order valence-electron chi connectivity index (χ0n) is 20.5. The molecule has 0 N–H and O–H groups in total. The number of fused-ring (bicyclic) bond motifs is 1. The average molecular weight is 455 g/mol. The van der Waals surface area contributed by atoms with Crippen molar-refractivity contribution >= 4 is 5.69 Å². The van der Waals surface area contributed by atoms with E-state index in [0.29, 0.717) is 12.0 Å². The molecule has 0 spiro atoms. The summed E-state index contributed by atoms with van der Waals surface area (Å²) >= 11 is 0. The highest BCUT2D eigenvalue weighted by molar-refractivity contribution is 5.63. The van der Waals surface area contributed by atoms with Crippen LogP contribution in [0.25, 0.3) is 0 Å². The first kappa shape index (κ1) is 23.7. The number of methoxy groups -OCH3 is 2. The fourth-order valence-electron chi connectivity index (χ4n) is 4.71. The first-order valence-corrected chi connectivity index (χ1v) is 12.1. The van der Waals surface area contributed by atoms with Crippen molar-refractivity contribution in [3.05, 3.63) is 48.0 Å². The van der Waals surface area contributed by atoms with Crippen LogP contribution in [0.15, 0.2) is 42.5 Å². The quantitative estimate of drug-likeness (QED) is 0.515. The van der Waals surface area contributed by atoms with Crippen molar-refractivity contribution in [2.75, 3.05) is 58.5 Å². The summed E-state index contributed by atoms with van der Waals surface area (Å²) in [7, 11) is 3.38. The molecule has 1 saturated heterocycles. The predicted octanol–water partition coefficient (Wildman–Crippen LogP) is 4.78. The van der Waals surface area contributed by atoms with E-state index in [9.17, 15) is 0 Å². The number of rotatable bonds is 10. The van der Waals surface area contributed by atoms with Crippen molar-refractivity contribution in [3.8, 4) is 17.2 Å². The third-order valence-electron chi connectivity index (χ3n) is 6.50. The van der Waals surface area contributed by atoms with Gasteiger partial charge in [-0.25, -0.2) is 0 Å². The van der Waals surface area contributed by atoms with Gasteiger partial charge in [0, 0.05) is 19.2 Å². The molecule has 2 heterocycles. The fourth-order valence-corrected chi connectivity index (χ4v) is 4.71. The van der Waals surface area contributed by atoms with Crippen molar-refractivity contribution in [1.29, 1.82) is 0 Å². The van der Waals surface area contributed by atoms with E-state index in [0.717, 1.165) is 67.9 Å². The Balaban J connectivity index is 1.58. The molecule has 2 atom stereocenters. The Labute approximate surface area is 198 Å². The molecule has 33 heavy (non-hydrogen) atoms. The Kier molecular flexibility index (Phi) is 7.99. The van der Waals surface area contributed by atoms with Crippen molar-refractivity contribution in [1.82, 2.24) is 4.90 Å². The van der Waals surface area contributed by atoms with Crippen LogP contribution in [0.4, 0.5) is 5.69 Å². The summed E-state index contributed by atoms with van der Waals surface area (Å²) in [6, 6.07) is 14.7. The molecule has 0 bridgehead atoms. The van der Waals surface area contributed by atoms with E-state index < -0.39 is 0 Å². The van der Waals surface area contributed by atoms with Gasteiger partial charge in [-0.1, -0.05) is 26.0 Å². The first-order valence-electron chi connectivity index (χ1n) is 12.1. The lowest BCUT2D eigenvalue weighted by atomic mass is 10.0. The molecule has 1 fully saturated rings. The van der Waals surface area contributed by atoms with Gasteiger partial charge in [-0.05, 0) is 61.7 Å². The van der Waals surface area contributed by atoms with Gasteiger partial charge in [0.05, 0.1) is 39.1 Å². The molecule has 180 valence electrons. The van der Waals surface area contributed by atoms with Crippen LogP contribution in [0.2, 0.25) is 0 Å². The van der Waals surface area contributed by atoms with Gasteiger partial charge in [-0.15, -0.1) is 0 Å². The van der Waals surface area contributed by atoms with Gasteiger partial charge in [-0.3, -0.25) is 4.90 Å². The third kappa shape index (κ3) is 5.92. The van der Waals surface area contributed by atoms with Gasteiger partial charge in [0.1, 0.15) is 23.4 Å². The molecule has 4 rings (SSSR count). The molecular formula is C27H38N2O4. The van der Waals surface area contributed by atoms with E-state index in [4.69, 9.17) is 18.9 Å². The summed E-state index contributed by atoms with van der Waals surface area (Å²) in [6.07, 6.45) is 2.48. The highest BCUT2D eigenvalue weighted by Crippen LogP contribution is 2.41. The number of benzene rings is 2. The van der Waals surface area contributed by atoms with Crippen LogP contribution in [-0.2, 0) is 4.74 Å². The lowest BCUT2D eigenvalue weighted by molar-refractivity contribution is 0.0555. The van der Waals surface area contributed by atoms with E-state index in [2.05, 4.69) is 41.8 Å². The first-order chi connectivity index (χ1) is 16.1. The summed E-state index contributed by atoms with van der Waals surface area (Å²) in [5.74, 6) is 3.07. The van der Waals surface area contributed by atoms with Crippen molar-refractivity contribution in [2.45, 2.75) is 38.8 Å². The van der Waals surface area contributed by atoms with Gasteiger partial charge in [0.25, 0.3) is 0 Å². The summed E-state index contributed by atoms with van der Waals surface area (Å²) < 4.78 is 23.4. The molecule has 0 aromatic heterocycles. The third-order valence-corrected chi connectivity index (χ3v) is 6.50. The van der Waals surface area contributed by atoms with Crippen LogP contribution in [0.1, 0.15) is 38.4 Å². The summed E-state index contributed by atoms with van der Waals surface area (Å²) in [5, 5.41) is 0. The molecule has 2 aromatic carbocycles. The summed E-state index contributed by atoms with van der Waals surface area (Å²) in [6.45, 7) is 9.97. The highest BCUT2D eigenvalue weighted by Gasteiger charge is 2.31. The van der Waals surface area contributed by atoms with Crippen molar-refractivity contribution in [2.24, 2.45) is 5.92 Å². The Morgan fingerprint density at radius 2 is 1.64 bits per heavy atom.